The maximum Gasteiger partial charge on any atom is 0.246 e. The van der Waals surface area contributed by atoms with Gasteiger partial charge in [0.05, 0.1) is 13.1 Å². The number of nitrogens with one attached hydrogen (secondary N) is 1. The zero-order chi connectivity index (χ0) is 14.9. The van der Waals surface area contributed by atoms with Crippen LogP contribution in [0.25, 0.3) is 0 Å². The van der Waals surface area contributed by atoms with Gasteiger partial charge in [-0.25, -0.2) is 0 Å². The van der Waals surface area contributed by atoms with Crippen LogP contribution in [0.5, 0.6) is 0 Å². The van der Waals surface area contributed by atoms with Crippen LogP contribution in [0.2, 0.25) is 0 Å². The van der Waals surface area contributed by atoms with Crippen molar-refractivity contribution in [2.75, 3.05) is 18.0 Å². The third-order valence-electron chi connectivity index (χ3n) is 4.47. The van der Waals surface area contributed by atoms with Gasteiger partial charge >= 0.3 is 0 Å². The molecule has 2 amide bonds. The average Bonchev–Trinajstić information content (AvgIpc) is 2.47. The average molecular weight is 287 g/mol. The monoisotopic (exact) mass is 287 g/mol. The van der Waals surface area contributed by atoms with Gasteiger partial charge in [0.2, 0.25) is 11.8 Å². The molecule has 1 heterocycles. The van der Waals surface area contributed by atoms with Crippen LogP contribution in [0, 0.1) is 0 Å². The second-order valence-corrected chi connectivity index (χ2v) is 6.06. The summed E-state index contributed by atoms with van der Waals surface area (Å²) in [6.07, 6.45) is 5.40. The maximum atomic E-state index is 11.6. The van der Waals surface area contributed by atoms with Crippen molar-refractivity contribution in [2.45, 2.75) is 37.6 Å². The van der Waals surface area contributed by atoms with Crippen molar-refractivity contribution in [2.24, 2.45) is 5.73 Å². The van der Waals surface area contributed by atoms with Crippen LogP contribution in [0.1, 0.15) is 37.7 Å². The molecule has 1 aromatic carbocycles. The second-order valence-electron chi connectivity index (χ2n) is 6.06. The van der Waals surface area contributed by atoms with E-state index in [1.807, 2.05) is 29.2 Å². The molecule has 0 unspecified atom stereocenters. The lowest BCUT2D eigenvalue weighted by Crippen LogP contribution is -2.52. The summed E-state index contributed by atoms with van der Waals surface area (Å²) in [4.78, 5) is 25.1. The number of hydrogen-bond acceptors (Lipinski definition) is 4. The van der Waals surface area contributed by atoms with E-state index in [1.165, 1.54) is 6.42 Å². The minimum atomic E-state index is -0.341. The summed E-state index contributed by atoms with van der Waals surface area (Å²) < 4.78 is 0. The Morgan fingerprint density at radius 2 is 1.62 bits per heavy atom. The number of carbonyl (C=O) groups is 2. The highest BCUT2D eigenvalue weighted by atomic mass is 16.2. The quantitative estimate of drug-likeness (QED) is 0.803. The number of rotatable bonds is 2. The van der Waals surface area contributed by atoms with Crippen molar-refractivity contribution >= 4 is 17.5 Å². The number of para-hydroxylation sites is 1. The summed E-state index contributed by atoms with van der Waals surface area (Å²) in [6, 6.07) is 7.91. The van der Waals surface area contributed by atoms with Gasteiger partial charge in [-0.3, -0.25) is 14.9 Å². The lowest BCUT2D eigenvalue weighted by molar-refractivity contribution is -0.130. The highest BCUT2D eigenvalue weighted by Gasteiger charge is 2.34. The molecule has 0 radical (unpaired) electrons. The maximum absolute atomic E-state index is 11.6. The van der Waals surface area contributed by atoms with E-state index < -0.39 is 0 Å². The molecule has 3 N–H and O–H groups in total. The van der Waals surface area contributed by atoms with E-state index in [9.17, 15) is 9.59 Å². The van der Waals surface area contributed by atoms with Crippen molar-refractivity contribution in [1.82, 2.24) is 5.32 Å². The number of hydrogen-bond donors (Lipinski definition) is 2. The number of nitrogens with zero attached hydrogens (tertiary/aromatic N) is 1. The molecule has 5 heteroatoms. The van der Waals surface area contributed by atoms with E-state index in [0.29, 0.717) is 0 Å². The summed E-state index contributed by atoms with van der Waals surface area (Å²) in [5, 5.41) is 2.34. The molecule has 0 bridgehead atoms. The molecule has 112 valence electrons. The molecule has 21 heavy (non-hydrogen) atoms. The fraction of sp³-hybridized carbons (Fsp3) is 0.500. The van der Waals surface area contributed by atoms with Gasteiger partial charge in [0, 0.05) is 11.2 Å². The number of imide groups is 1. The lowest BCUT2D eigenvalue weighted by Gasteiger charge is -2.38. The van der Waals surface area contributed by atoms with Gasteiger partial charge in [-0.1, -0.05) is 37.5 Å². The fourth-order valence-electron chi connectivity index (χ4n) is 3.43. The van der Waals surface area contributed by atoms with Crippen LogP contribution in [0.4, 0.5) is 5.69 Å². The molecule has 3 rings (SSSR count). The van der Waals surface area contributed by atoms with E-state index in [0.717, 1.165) is 36.9 Å². The number of piperazine rings is 1. The Labute approximate surface area is 124 Å². The molecule has 2 fully saturated rings. The van der Waals surface area contributed by atoms with Gasteiger partial charge in [-0.05, 0) is 24.5 Å². The molecule has 1 saturated heterocycles. The smallest absolute Gasteiger partial charge is 0.246 e. The van der Waals surface area contributed by atoms with Crippen LogP contribution in [-0.2, 0) is 15.1 Å². The summed E-state index contributed by atoms with van der Waals surface area (Å²) in [5.41, 5.74) is 8.29. The molecule has 0 aromatic heterocycles. The topological polar surface area (TPSA) is 75.4 Å². The third-order valence-corrected chi connectivity index (χ3v) is 4.47. The predicted molar refractivity (Wildman–Crippen MR) is 80.8 cm³/mol. The highest BCUT2D eigenvalue weighted by molar-refractivity contribution is 6.02. The largest absolute Gasteiger partial charge is 0.353 e. The molecule has 1 aliphatic carbocycles. The van der Waals surface area contributed by atoms with Gasteiger partial charge < -0.3 is 10.6 Å². The Morgan fingerprint density at radius 1 is 1.00 bits per heavy atom. The van der Waals surface area contributed by atoms with Crippen molar-refractivity contribution in [3.05, 3.63) is 29.8 Å². The molecule has 1 aliphatic heterocycles. The van der Waals surface area contributed by atoms with Gasteiger partial charge in [0.15, 0.2) is 0 Å². The van der Waals surface area contributed by atoms with E-state index >= 15 is 0 Å². The van der Waals surface area contributed by atoms with E-state index in [-0.39, 0.29) is 30.4 Å². The summed E-state index contributed by atoms with van der Waals surface area (Å²) in [7, 11) is 0. The first kappa shape index (κ1) is 14.1. The number of benzene rings is 1. The van der Waals surface area contributed by atoms with Crippen molar-refractivity contribution < 1.29 is 9.59 Å². The Hall–Kier alpha value is -1.88. The minimum absolute atomic E-state index is 0.207. The summed E-state index contributed by atoms with van der Waals surface area (Å²) >= 11 is 0. The normalized spacial score (nSPS) is 22.0. The Bertz CT molecular complexity index is 548. The Morgan fingerprint density at radius 3 is 2.29 bits per heavy atom. The summed E-state index contributed by atoms with van der Waals surface area (Å²) in [6.45, 7) is 0.414. The van der Waals surface area contributed by atoms with Gasteiger partial charge in [-0.15, -0.1) is 0 Å². The molecule has 1 aromatic rings. The van der Waals surface area contributed by atoms with Crippen LogP contribution in [0.15, 0.2) is 24.3 Å². The third kappa shape index (κ3) is 2.78. The minimum Gasteiger partial charge on any atom is -0.353 e. The van der Waals surface area contributed by atoms with Crippen molar-refractivity contribution in [3.63, 3.8) is 0 Å². The fourth-order valence-corrected chi connectivity index (χ4v) is 3.43. The number of anilines is 1. The zero-order valence-electron chi connectivity index (χ0n) is 12.1. The second kappa shape index (κ2) is 5.48. The molecule has 0 atom stereocenters. The molecular formula is C16H21N3O2. The molecule has 1 saturated carbocycles. The Balaban J connectivity index is 1.95. The van der Waals surface area contributed by atoms with Gasteiger partial charge in [-0.2, -0.15) is 0 Å². The van der Waals surface area contributed by atoms with E-state index in [4.69, 9.17) is 5.73 Å². The van der Waals surface area contributed by atoms with Crippen LogP contribution in [0.3, 0.4) is 0 Å². The highest BCUT2D eigenvalue weighted by Crippen LogP contribution is 2.39. The first-order chi connectivity index (χ1) is 10.1. The van der Waals surface area contributed by atoms with Crippen LogP contribution in [-0.4, -0.2) is 24.9 Å². The van der Waals surface area contributed by atoms with Crippen LogP contribution < -0.4 is 16.0 Å². The lowest BCUT2D eigenvalue weighted by atomic mass is 9.76. The first-order valence-electron chi connectivity index (χ1n) is 7.54. The van der Waals surface area contributed by atoms with E-state index in [2.05, 4.69) is 5.32 Å². The molecule has 0 spiro atoms. The van der Waals surface area contributed by atoms with Gasteiger partial charge in [0.1, 0.15) is 0 Å². The zero-order valence-corrected chi connectivity index (χ0v) is 12.1. The SMILES string of the molecule is NC1(c2ccccc2N2CC(=O)NC(=O)C2)CCCCC1. The molecule has 5 nitrogen and oxygen atoms in total. The predicted octanol–water partition coefficient (Wildman–Crippen LogP) is 1.27. The van der Waals surface area contributed by atoms with E-state index in [1.54, 1.807) is 0 Å². The molecule has 2 aliphatic rings. The van der Waals surface area contributed by atoms with Gasteiger partial charge in [0.25, 0.3) is 0 Å². The molecular weight excluding hydrogens is 266 g/mol. The summed E-state index contributed by atoms with van der Waals surface area (Å²) in [5.74, 6) is -0.508. The standard InChI is InChI=1S/C16H21N3O2/c17-16(8-4-1-5-9-16)12-6-2-3-7-13(12)19-10-14(20)18-15(21)11-19/h2-3,6-7H,1,4-5,8-11,17H2,(H,18,20,21). The number of nitrogens with two attached hydrogens (primary N) is 1. The van der Waals surface area contributed by atoms with Crippen molar-refractivity contribution in [3.8, 4) is 0 Å². The number of carbonyl (C=O) groups excluding carboxylic acids is 2. The first-order valence-corrected chi connectivity index (χ1v) is 7.54. The number of amides is 2. The Kier molecular flexibility index (Phi) is 3.68. The van der Waals surface area contributed by atoms with Crippen LogP contribution >= 0.6 is 0 Å². The van der Waals surface area contributed by atoms with Crippen molar-refractivity contribution in [1.29, 1.82) is 0 Å².